The molecule has 78 valence electrons. The predicted molar refractivity (Wildman–Crippen MR) is 63.7 cm³/mol. The summed E-state index contributed by atoms with van der Waals surface area (Å²) in [6, 6.07) is 10.7. The fourth-order valence-electron chi connectivity index (χ4n) is 1.76. The molecule has 1 aliphatic rings. The van der Waals surface area contributed by atoms with E-state index < -0.39 is 0 Å². The number of thioether (sulfide) groups is 1. The summed E-state index contributed by atoms with van der Waals surface area (Å²) in [5.74, 6) is 0.910. The molecule has 2 rings (SSSR count). The van der Waals surface area contributed by atoms with Crippen molar-refractivity contribution in [2.24, 2.45) is 0 Å². The molecule has 1 fully saturated rings. The highest BCUT2D eigenvalue weighted by atomic mass is 32.2. The first-order valence-corrected chi connectivity index (χ1v) is 6.16. The highest BCUT2D eigenvalue weighted by Crippen LogP contribution is 2.23. The molecule has 1 saturated heterocycles. The lowest BCUT2D eigenvalue weighted by molar-refractivity contribution is 0.642. The molecule has 0 aliphatic carbocycles. The number of nitrogens with zero attached hydrogens (tertiary/aromatic N) is 1. The van der Waals surface area contributed by atoms with Gasteiger partial charge in [0.05, 0.1) is 11.4 Å². The summed E-state index contributed by atoms with van der Waals surface area (Å²) >= 11 is 1.84. The van der Waals surface area contributed by atoms with E-state index in [1.165, 1.54) is 11.1 Å². The maximum Gasteiger partial charge on any atom is 0.105 e. The van der Waals surface area contributed by atoms with Crippen molar-refractivity contribution in [1.82, 2.24) is 5.32 Å². The predicted octanol–water partition coefficient (Wildman–Crippen LogP) is 2.09. The SMILES string of the molecule is Cc1ccccc1CC1NC(C#N)CS1. The van der Waals surface area contributed by atoms with Crippen LogP contribution in [0.2, 0.25) is 0 Å². The van der Waals surface area contributed by atoms with Gasteiger partial charge in [0.25, 0.3) is 0 Å². The summed E-state index contributed by atoms with van der Waals surface area (Å²) in [6.07, 6.45) is 1.01. The van der Waals surface area contributed by atoms with Gasteiger partial charge in [0.1, 0.15) is 6.04 Å². The maximum atomic E-state index is 8.78. The van der Waals surface area contributed by atoms with E-state index in [1.807, 2.05) is 11.8 Å². The largest absolute Gasteiger partial charge is 0.289 e. The molecular weight excluding hydrogens is 204 g/mol. The van der Waals surface area contributed by atoms with Crippen LogP contribution in [-0.2, 0) is 6.42 Å². The van der Waals surface area contributed by atoms with Crippen molar-refractivity contribution >= 4 is 11.8 Å². The lowest BCUT2D eigenvalue weighted by Crippen LogP contribution is -2.29. The van der Waals surface area contributed by atoms with Crippen molar-refractivity contribution in [2.45, 2.75) is 24.8 Å². The molecule has 1 aromatic rings. The summed E-state index contributed by atoms with van der Waals surface area (Å²) in [6.45, 7) is 2.14. The van der Waals surface area contributed by atoms with Gasteiger partial charge in [0.15, 0.2) is 0 Å². The smallest absolute Gasteiger partial charge is 0.105 e. The topological polar surface area (TPSA) is 35.8 Å². The molecule has 2 unspecified atom stereocenters. The van der Waals surface area contributed by atoms with E-state index in [-0.39, 0.29) is 6.04 Å². The Kier molecular flexibility index (Phi) is 3.30. The second-order valence-corrected chi connectivity index (χ2v) is 5.04. The molecule has 0 aromatic heterocycles. The first-order chi connectivity index (χ1) is 7.29. The minimum absolute atomic E-state index is 0.0315. The van der Waals surface area contributed by atoms with Gasteiger partial charge in [-0.15, -0.1) is 11.8 Å². The van der Waals surface area contributed by atoms with E-state index in [0.29, 0.717) is 5.37 Å². The Morgan fingerprint density at radius 3 is 3.00 bits per heavy atom. The Morgan fingerprint density at radius 2 is 2.33 bits per heavy atom. The lowest BCUT2D eigenvalue weighted by Gasteiger charge is -2.11. The fraction of sp³-hybridized carbons (Fsp3) is 0.417. The Hall–Kier alpha value is -0.980. The Labute approximate surface area is 94.7 Å². The maximum absolute atomic E-state index is 8.78. The highest BCUT2D eigenvalue weighted by Gasteiger charge is 2.23. The summed E-state index contributed by atoms with van der Waals surface area (Å²) in [5.41, 5.74) is 2.71. The quantitative estimate of drug-likeness (QED) is 0.825. The molecule has 0 saturated carbocycles. The van der Waals surface area contributed by atoms with Crippen molar-refractivity contribution in [3.8, 4) is 6.07 Å². The standard InChI is InChI=1S/C12H14N2S/c1-9-4-2-3-5-10(9)6-12-14-11(7-13)8-15-12/h2-5,11-12,14H,6,8H2,1H3. The number of nitrogens with one attached hydrogen (secondary N) is 1. The Balaban J connectivity index is 1.99. The van der Waals surface area contributed by atoms with E-state index in [4.69, 9.17) is 5.26 Å². The molecule has 1 aromatic carbocycles. The van der Waals surface area contributed by atoms with E-state index in [2.05, 4.69) is 42.6 Å². The number of benzene rings is 1. The normalized spacial score (nSPS) is 25.1. The lowest BCUT2D eigenvalue weighted by atomic mass is 10.1. The minimum Gasteiger partial charge on any atom is -0.289 e. The van der Waals surface area contributed by atoms with E-state index >= 15 is 0 Å². The molecule has 2 nitrogen and oxygen atoms in total. The second kappa shape index (κ2) is 4.69. The summed E-state index contributed by atoms with van der Waals surface area (Å²) in [5, 5.41) is 12.5. The van der Waals surface area contributed by atoms with Gasteiger partial charge in [-0.1, -0.05) is 24.3 Å². The van der Waals surface area contributed by atoms with Crippen LogP contribution in [0.15, 0.2) is 24.3 Å². The van der Waals surface area contributed by atoms with Crippen LogP contribution < -0.4 is 5.32 Å². The van der Waals surface area contributed by atoms with Crippen LogP contribution in [-0.4, -0.2) is 17.2 Å². The second-order valence-electron chi connectivity index (χ2n) is 3.80. The number of aryl methyl sites for hydroxylation is 1. The Morgan fingerprint density at radius 1 is 1.53 bits per heavy atom. The highest BCUT2D eigenvalue weighted by molar-refractivity contribution is 8.00. The van der Waals surface area contributed by atoms with E-state index in [0.717, 1.165) is 12.2 Å². The molecule has 3 heteroatoms. The first kappa shape index (κ1) is 10.5. The van der Waals surface area contributed by atoms with Gasteiger partial charge >= 0.3 is 0 Å². The molecule has 2 atom stereocenters. The monoisotopic (exact) mass is 218 g/mol. The van der Waals surface area contributed by atoms with Gasteiger partial charge in [-0.25, -0.2) is 0 Å². The fourth-order valence-corrected chi connectivity index (χ4v) is 2.92. The molecule has 0 amide bonds. The average Bonchev–Trinajstić information content (AvgIpc) is 2.69. The first-order valence-electron chi connectivity index (χ1n) is 5.11. The molecule has 1 N–H and O–H groups in total. The number of hydrogen-bond acceptors (Lipinski definition) is 3. The van der Waals surface area contributed by atoms with Crippen molar-refractivity contribution in [3.63, 3.8) is 0 Å². The van der Waals surface area contributed by atoms with Gasteiger partial charge in [-0.2, -0.15) is 5.26 Å². The zero-order valence-corrected chi connectivity index (χ0v) is 9.55. The molecule has 0 radical (unpaired) electrons. The van der Waals surface area contributed by atoms with Gasteiger partial charge in [0, 0.05) is 5.75 Å². The third-order valence-corrected chi connectivity index (χ3v) is 3.90. The van der Waals surface area contributed by atoms with Gasteiger partial charge in [0.2, 0.25) is 0 Å². The van der Waals surface area contributed by atoms with E-state index in [1.54, 1.807) is 0 Å². The van der Waals surface area contributed by atoms with Crippen LogP contribution in [0.3, 0.4) is 0 Å². The summed E-state index contributed by atoms with van der Waals surface area (Å²) in [4.78, 5) is 0. The van der Waals surface area contributed by atoms with Crippen LogP contribution >= 0.6 is 11.8 Å². The number of nitriles is 1. The number of rotatable bonds is 2. The van der Waals surface area contributed by atoms with Gasteiger partial charge < -0.3 is 0 Å². The van der Waals surface area contributed by atoms with Crippen LogP contribution in [0.25, 0.3) is 0 Å². The van der Waals surface area contributed by atoms with Crippen LogP contribution in [0.4, 0.5) is 0 Å². The van der Waals surface area contributed by atoms with Crippen molar-refractivity contribution in [1.29, 1.82) is 5.26 Å². The third-order valence-electron chi connectivity index (χ3n) is 2.67. The molecule has 0 bridgehead atoms. The summed E-state index contributed by atoms with van der Waals surface area (Å²) < 4.78 is 0. The third kappa shape index (κ3) is 2.53. The average molecular weight is 218 g/mol. The van der Waals surface area contributed by atoms with Crippen molar-refractivity contribution < 1.29 is 0 Å². The number of hydrogen-bond donors (Lipinski definition) is 1. The van der Waals surface area contributed by atoms with Gasteiger partial charge in [-0.3, -0.25) is 5.32 Å². The summed E-state index contributed by atoms with van der Waals surface area (Å²) in [7, 11) is 0. The van der Waals surface area contributed by atoms with Crippen molar-refractivity contribution in [3.05, 3.63) is 35.4 Å². The molecule has 15 heavy (non-hydrogen) atoms. The zero-order valence-electron chi connectivity index (χ0n) is 8.73. The Bertz CT molecular complexity index is 383. The van der Waals surface area contributed by atoms with Crippen LogP contribution in [0.1, 0.15) is 11.1 Å². The molecule has 0 spiro atoms. The van der Waals surface area contributed by atoms with Gasteiger partial charge in [-0.05, 0) is 24.5 Å². The molecule has 1 aliphatic heterocycles. The van der Waals surface area contributed by atoms with E-state index in [9.17, 15) is 0 Å². The zero-order chi connectivity index (χ0) is 10.7. The van der Waals surface area contributed by atoms with Crippen LogP contribution in [0.5, 0.6) is 0 Å². The van der Waals surface area contributed by atoms with Crippen LogP contribution in [0, 0.1) is 18.3 Å². The minimum atomic E-state index is 0.0315. The van der Waals surface area contributed by atoms with Crippen molar-refractivity contribution in [2.75, 3.05) is 5.75 Å². The molecule has 1 heterocycles. The molecular formula is C12H14N2S.